The van der Waals surface area contributed by atoms with Gasteiger partial charge in [0.1, 0.15) is 5.82 Å². The minimum absolute atomic E-state index is 0.129. The quantitative estimate of drug-likeness (QED) is 0.912. The van der Waals surface area contributed by atoms with Gasteiger partial charge in [0.15, 0.2) is 5.69 Å². The van der Waals surface area contributed by atoms with Crippen LogP contribution in [0.25, 0.3) is 0 Å². The molecule has 2 aliphatic rings. The fraction of sp³-hybridized carbons (Fsp3) is 0.600. The number of hydrogen-bond acceptors (Lipinski definition) is 4. The lowest BCUT2D eigenvalue weighted by Crippen LogP contribution is -2.41. The van der Waals surface area contributed by atoms with E-state index in [0.717, 1.165) is 25.3 Å². The van der Waals surface area contributed by atoms with Gasteiger partial charge in [0, 0.05) is 19.1 Å². The van der Waals surface area contributed by atoms with Crippen molar-refractivity contribution in [2.75, 3.05) is 31.1 Å². The highest BCUT2D eigenvalue weighted by molar-refractivity contribution is 5.85. The van der Waals surface area contributed by atoms with Gasteiger partial charge in [-0.1, -0.05) is 12.5 Å². The third kappa shape index (κ3) is 2.77. The zero-order valence-electron chi connectivity index (χ0n) is 11.7. The Morgan fingerprint density at radius 1 is 1.20 bits per heavy atom. The van der Waals surface area contributed by atoms with Crippen LogP contribution < -0.4 is 4.90 Å². The molecule has 1 aromatic rings. The number of pyridine rings is 1. The van der Waals surface area contributed by atoms with E-state index >= 15 is 0 Å². The van der Waals surface area contributed by atoms with Gasteiger partial charge in [-0.25, -0.2) is 9.78 Å². The van der Waals surface area contributed by atoms with Crippen LogP contribution in [0.1, 0.15) is 36.2 Å². The lowest BCUT2D eigenvalue weighted by atomic mass is 10.1. The molecule has 1 unspecified atom stereocenters. The Labute approximate surface area is 119 Å². The Kier molecular flexibility index (Phi) is 3.87. The van der Waals surface area contributed by atoms with Crippen molar-refractivity contribution < 1.29 is 9.90 Å². The second kappa shape index (κ2) is 5.79. The van der Waals surface area contributed by atoms with Crippen LogP contribution in [0.4, 0.5) is 5.82 Å². The number of aromatic nitrogens is 1. The van der Waals surface area contributed by atoms with E-state index in [1.54, 1.807) is 12.1 Å². The smallest absolute Gasteiger partial charge is 0.354 e. The first-order chi connectivity index (χ1) is 9.74. The van der Waals surface area contributed by atoms with Crippen LogP contribution in [0.3, 0.4) is 0 Å². The van der Waals surface area contributed by atoms with Crippen molar-refractivity contribution in [2.24, 2.45) is 0 Å². The van der Waals surface area contributed by atoms with E-state index in [1.807, 2.05) is 6.07 Å². The lowest BCUT2D eigenvalue weighted by Gasteiger charge is -2.32. The van der Waals surface area contributed by atoms with Crippen molar-refractivity contribution in [3.05, 3.63) is 23.9 Å². The Hall–Kier alpha value is -1.62. The van der Waals surface area contributed by atoms with E-state index in [1.165, 1.54) is 32.4 Å². The van der Waals surface area contributed by atoms with Crippen LogP contribution in [0.15, 0.2) is 18.2 Å². The summed E-state index contributed by atoms with van der Waals surface area (Å²) in [5.41, 5.74) is 0.129. The third-order valence-corrected chi connectivity index (χ3v) is 4.35. The van der Waals surface area contributed by atoms with E-state index in [4.69, 9.17) is 5.11 Å². The van der Waals surface area contributed by atoms with Crippen molar-refractivity contribution in [1.82, 2.24) is 9.88 Å². The van der Waals surface area contributed by atoms with Crippen LogP contribution in [0.5, 0.6) is 0 Å². The fourth-order valence-electron chi connectivity index (χ4n) is 3.25. The second-order valence-electron chi connectivity index (χ2n) is 5.67. The summed E-state index contributed by atoms with van der Waals surface area (Å²) in [6, 6.07) is 5.83. The van der Waals surface area contributed by atoms with Gasteiger partial charge in [-0.2, -0.15) is 0 Å². The Morgan fingerprint density at radius 2 is 2.00 bits per heavy atom. The van der Waals surface area contributed by atoms with Crippen molar-refractivity contribution in [1.29, 1.82) is 0 Å². The van der Waals surface area contributed by atoms with Crippen LogP contribution in [0, 0.1) is 0 Å². The van der Waals surface area contributed by atoms with Crippen molar-refractivity contribution in [3.63, 3.8) is 0 Å². The van der Waals surface area contributed by atoms with Gasteiger partial charge in [0.25, 0.3) is 0 Å². The molecular weight excluding hydrogens is 254 g/mol. The molecule has 2 fully saturated rings. The van der Waals surface area contributed by atoms with Gasteiger partial charge in [-0.15, -0.1) is 0 Å². The third-order valence-electron chi connectivity index (χ3n) is 4.35. The number of nitrogens with zero attached hydrogens (tertiary/aromatic N) is 3. The summed E-state index contributed by atoms with van der Waals surface area (Å²) in [7, 11) is 0. The summed E-state index contributed by atoms with van der Waals surface area (Å²) < 4.78 is 0. The van der Waals surface area contributed by atoms with E-state index in [9.17, 15) is 4.79 Å². The summed E-state index contributed by atoms with van der Waals surface area (Å²) in [5, 5.41) is 9.02. The normalized spacial score (nSPS) is 24.0. The molecule has 3 heterocycles. The van der Waals surface area contributed by atoms with E-state index < -0.39 is 5.97 Å². The average molecular weight is 275 g/mol. The number of likely N-dealkylation sites (tertiary alicyclic amines) is 1. The first kappa shape index (κ1) is 13.4. The maximum absolute atomic E-state index is 11.0. The second-order valence-corrected chi connectivity index (χ2v) is 5.67. The molecule has 20 heavy (non-hydrogen) atoms. The highest BCUT2D eigenvalue weighted by Crippen LogP contribution is 2.24. The maximum Gasteiger partial charge on any atom is 0.354 e. The molecule has 0 saturated carbocycles. The van der Waals surface area contributed by atoms with Gasteiger partial charge in [-0.3, -0.25) is 4.90 Å². The monoisotopic (exact) mass is 275 g/mol. The molecule has 0 aromatic carbocycles. The van der Waals surface area contributed by atoms with Crippen LogP contribution in [-0.2, 0) is 0 Å². The van der Waals surface area contributed by atoms with Crippen molar-refractivity contribution >= 4 is 11.8 Å². The summed E-state index contributed by atoms with van der Waals surface area (Å²) in [6.07, 6.45) is 5.13. The molecule has 3 rings (SSSR count). The van der Waals surface area contributed by atoms with Gasteiger partial charge in [-0.05, 0) is 44.5 Å². The number of carbonyl (C=O) groups is 1. The molecule has 0 bridgehead atoms. The average Bonchev–Trinajstić information content (AvgIpc) is 2.98. The standard InChI is InChI=1S/C15H21N3O2/c19-15(20)13-5-4-6-14(16-13)18-10-7-12(11-18)17-8-2-1-3-9-17/h4-6,12H,1-3,7-11H2,(H,19,20). The summed E-state index contributed by atoms with van der Waals surface area (Å²) in [5.74, 6) is -0.164. The summed E-state index contributed by atoms with van der Waals surface area (Å²) in [4.78, 5) is 20.0. The van der Waals surface area contributed by atoms with Crippen LogP contribution in [-0.4, -0.2) is 53.2 Å². The van der Waals surface area contributed by atoms with E-state index in [0.29, 0.717) is 6.04 Å². The molecule has 0 amide bonds. The SMILES string of the molecule is O=C(O)c1cccc(N2CCC(N3CCCCC3)C2)n1. The number of aromatic carboxylic acids is 1. The molecule has 0 aliphatic carbocycles. The number of rotatable bonds is 3. The molecule has 0 radical (unpaired) electrons. The number of carboxylic acid groups (broad SMARTS) is 1. The molecule has 2 aliphatic heterocycles. The predicted octanol–water partition coefficient (Wildman–Crippen LogP) is 1.84. The van der Waals surface area contributed by atoms with Gasteiger partial charge in [0.05, 0.1) is 0 Å². The minimum atomic E-state index is -0.960. The molecule has 2 saturated heterocycles. The van der Waals surface area contributed by atoms with E-state index in [2.05, 4.69) is 14.8 Å². The van der Waals surface area contributed by atoms with E-state index in [-0.39, 0.29) is 5.69 Å². The number of anilines is 1. The molecule has 1 atom stereocenters. The highest BCUT2D eigenvalue weighted by Gasteiger charge is 2.29. The molecule has 1 N–H and O–H groups in total. The number of carboxylic acids is 1. The summed E-state index contributed by atoms with van der Waals surface area (Å²) >= 11 is 0. The zero-order chi connectivity index (χ0) is 13.9. The Morgan fingerprint density at radius 3 is 2.75 bits per heavy atom. The van der Waals surface area contributed by atoms with Crippen LogP contribution >= 0.6 is 0 Å². The minimum Gasteiger partial charge on any atom is -0.477 e. The molecular formula is C15H21N3O2. The topological polar surface area (TPSA) is 56.7 Å². The van der Waals surface area contributed by atoms with Crippen molar-refractivity contribution in [3.8, 4) is 0 Å². The molecule has 1 aromatic heterocycles. The van der Waals surface area contributed by atoms with Crippen molar-refractivity contribution in [2.45, 2.75) is 31.7 Å². The van der Waals surface area contributed by atoms with Gasteiger partial charge >= 0.3 is 5.97 Å². The summed E-state index contributed by atoms with van der Waals surface area (Å²) in [6.45, 7) is 4.36. The van der Waals surface area contributed by atoms with Gasteiger partial charge in [0.2, 0.25) is 0 Å². The molecule has 5 nitrogen and oxygen atoms in total. The predicted molar refractivity (Wildman–Crippen MR) is 77.2 cm³/mol. The molecule has 0 spiro atoms. The fourth-order valence-corrected chi connectivity index (χ4v) is 3.25. The Balaban J connectivity index is 1.67. The first-order valence-corrected chi connectivity index (χ1v) is 7.43. The zero-order valence-corrected chi connectivity index (χ0v) is 11.7. The molecule has 108 valence electrons. The lowest BCUT2D eigenvalue weighted by molar-refractivity contribution is 0.0690. The Bertz CT molecular complexity index is 486. The number of piperidine rings is 1. The van der Waals surface area contributed by atoms with Gasteiger partial charge < -0.3 is 10.0 Å². The number of hydrogen-bond donors (Lipinski definition) is 1. The molecule has 5 heteroatoms. The van der Waals surface area contributed by atoms with Crippen LogP contribution in [0.2, 0.25) is 0 Å². The first-order valence-electron chi connectivity index (χ1n) is 7.43. The largest absolute Gasteiger partial charge is 0.477 e. The highest BCUT2D eigenvalue weighted by atomic mass is 16.4. The maximum atomic E-state index is 11.0.